The molecule has 3 saturated heterocycles. The number of aromatic amines is 1. The minimum Gasteiger partial charge on any atom is -0.506 e. The molecule has 0 aliphatic carbocycles. The van der Waals surface area contributed by atoms with Crippen molar-refractivity contribution in [3.05, 3.63) is 106 Å². The van der Waals surface area contributed by atoms with Gasteiger partial charge in [-0.05, 0) is 98.6 Å². The molecule has 1 unspecified atom stereocenters. The summed E-state index contributed by atoms with van der Waals surface area (Å²) < 4.78 is 12.0. The fourth-order valence-corrected chi connectivity index (χ4v) is 6.76. The molecular formula is C37H43N3O7. The van der Waals surface area contributed by atoms with Crippen LogP contribution in [0.2, 0.25) is 0 Å². The number of phenols is 1. The fourth-order valence-electron chi connectivity index (χ4n) is 6.76. The molecule has 1 aromatic heterocycles. The van der Waals surface area contributed by atoms with Crippen LogP contribution in [0.5, 0.6) is 11.5 Å². The van der Waals surface area contributed by atoms with Gasteiger partial charge < -0.3 is 35.1 Å². The van der Waals surface area contributed by atoms with Crippen LogP contribution in [0.25, 0.3) is 10.9 Å². The van der Waals surface area contributed by atoms with E-state index in [2.05, 4.69) is 15.2 Å². The Bertz CT molecular complexity index is 1700. The highest BCUT2D eigenvalue weighted by molar-refractivity contribution is 5.87. The van der Waals surface area contributed by atoms with Crippen molar-refractivity contribution in [2.24, 2.45) is 5.92 Å². The lowest BCUT2D eigenvalue weighted by Crippen LogP contribution is -2.53. The third-order valence-corrected chi connectivity index (χ3v) is 9.48. The van der Waals surface area contributed by atoms with Gasteiger partial charge in [-0.3, -0.25) is 9.69 Å². The van der Waals surface area contributed by atoms with E-state index in [9.17, 15) is 24.9 Å². The first kappa shape index (κ1) is 32.7. The number of nitrogens with one attached hydrogen (secondary N) is 2. The number of benzene rings is 3. The normalized spacial score (nSPS) is 20.9. The third kappa shape index (κ3) is 7.36. The first-order chi connectivity index (χ1) is 22.8. The SMILES string of the molecule is O=C(O[C@H]1CN2CCC1CC2)C(O)(c1ccccc1)c1ccc(OCCCCCNC[C@H](O)c2ccc(O)c3[nH]c(=O)ccc23)cc1. The van der Waals surface area contributed by atoms with Crippen LogP contribution in [0.15, 0.2) is 83.7 Å². The first-order valence-electron chi connectivity index (χ1n) is 16.5. The number of phenolic OH excluding ortho intramolecular Hbond substituents is 1. The number of unbranched alkanes of at least 4 members (excludes halogenated alkanes) is 2. The van der Waals surface area contributed by atoms with Gasteiger partial charge >= 0.3 is 5.97 Å². The number of ether oxygens (including phenoxy) is 2. The predicted octanol–water partition coefficient (Wildman–Crippen LogP) is 3.98. The lowest BCUT2D eigenvalue weighted by molar-refractivity contribution is -0.177. The van der Waals surface area contributed by atoms with Gasteiger partial charge in [0, 0.05) is 24.5 Å². The molecule has 4 heterocycles. The number of fused-ring (bicyclic) bond motifs is 4. The van der Waals surface area contributed by atoms with Crippen LogP contribution in [-0.4, -0.2) is 76.6 Å². The van der Waals surface area contributed by atoms with Crippen molar-refractivity contribution in [2.75, 3.05) is 39.3 Å². The number of aliphatic hydroxyl groups is 2. The average molecular weight is 642 g/mol. The van der Waals surface area contributed by atoms with Crippen LogP contribution in [0.1, 0.15) is 54.9 Å². The van der Waals surface area contributed by atoms with Gasteiger partial charge in [0.05, 0.1) is 18.2 Å². The number of carbonyl (C=O) groups is 1. The van der Waals surface area contributed by atoms with Crippen molar-refractivity contribution in [3.8, 4) is 11.5 Å². The molecule has 0 amide bonds. The monoisotopic (exact) mass is 641 g/mol. The Morgan fingerprint density at radius 3 is 2.43 bits per heavy atom. The quantitative estimate of drug-likeness (QED) is 0.102. The van der Waals surface area contributed by atoms with Crippen LogP contribution < -0.4 is 15.6 Å². The number of hydrogen-bond donors (Lipinski definition) is 5. The molecule has 2 bridgehead atoms. The zero-order chi connectivity index (χ0) is 32.8. The number of H-pyrrole nitrogens is 1. The van der Waals surface area contributed by atoms with Gasteiger partial charge in [0.2, 0.25) is 11.2 Å². The summed E-state index contributed by atoms with van der Waals surface area (Å²) in [5, 5.41) is 36.6. The van der Waals surface area contributed by atoms with Gasteiger partial charge in [0.1, 0.15) is 17.6 Å². The highest BCUT2D eigenvalue weighted by atomic mass is 16.6. The Hall–Kier alpha value is -4.22. The standard InChI is InChI=1S/C37H43N3O7/c41-31-15-13-29(30-14-16-34(43)39-35(30)31)32(42)23-38-19-5-2-6-22-46-28-11-9-27(10-12-28)37(45,26-7-3-1-4-8-26)36(44)47-33-24-40-20-17-25(33)18-21-40/h1,3-4,7-16,25,32-33,38,41-42,45H,2,5-6,17-24H2,(H,39,43)/t32-,33-,37?/m0/s1. The molecule has 0 saturated carbocycles. The number of nitrogens with zero attached hydrogens (tertiary/aromatic N) is 1. The van der Waals surface area contributed by atoms with E-state index < -0.39 is 17.7 Å². The second-order valence-electron chi connectivity index (χ2n) is 12.6. The molecule has 3 aliphatic heterocycles. The molecule has 3 atom stereocenters. The molecule has 3 aromatic carbocycles. The third-order valence-electron chi connectivity index (χ3n) is 9.48. The van der Waals surface area contributed by atoms with Crippen molar-refractivity contribution < 1.29 is 29.6 Å². The maximum Gasteiger partial charge on any atom is 0.348 e. The highest BCUT2D eigenvalue weighted by Gasteiger charge is 2.45. The summed E-state index contributed by atoms with van der Waals surface area (Å²) in [5.41, 5.74) is -0.392. The lowest BCUT2D eigenvalue weighted by atomic mass is 9.84. The van der Waals surface area contributed by atoms with E-state index in [0.29, 0.717) is 65.5 Å². The minimum absolute atomic E-state index is 0.0342. The van der Waals surface area contributed by atoms with Crippen molar-refractivity contribution in [2.45, 2.75) is 49.9 Å². The summed E-state index contributed by atoms with van der Waals surface area (Å²) in [4.78, 5) is 30.2. The number of aromatic hydroxyl groups is 1. The van der Waals surface area contributed by atoms with Crippen molar-refractivity contribution >= 4 is 16.9 Å². The molecular weight excluding hydrogens is 598 g/mol. The number of pyridine rings is 1. The van der Waals surface area contributed by atoms with E-state index in [1.54, 1.807) is 60.7 Å². The predicted molar refractivity (Wildman–Crippen MR) is 178 cm³/mol. The van der Waals surface area contributed by atoms with E-state index in [1.165, 1.54) is 12.1 Å². The molecule has 47 heavy (non-hydrogen) atoms. The van der Waals surface area contributed by atoms with E-state index in [1.807, 2.05) is 6.07 Å². The van der Waals surface area contributed by atoms with Gasteiger partial charge in [-0.2, -0.15) is 0 Å². The summed E-state index contributed by atoms with van der Waals surface area (Å²) in [6, 6.07) is 22.1. The van der Waals surface area contributed by atoms with E-state index in [0.717, 1.165) is 45.2 Å². The molecule has 3 fully saturated rings. The van der Waals surface area contributed by atoms with Crippen LogP contribution >= 0.6 is 0 Å². The molecule has 10 heteroatoms. The molecule has 248 valence electrons. The molecule has 7 rings (SSSR count). The van der Waals surface area contributed by atoms with Crippen LogP contribution in [-0.2, 0) is 15.1 Å². The molecule has 4 aromatic rings. The maximum atomic E-state index is 13.6. The zero-order valence-corrected chi connectivity index (χ0v) is 26.4. The van der Waals surface area contributed by atoms with Crippen molar-refractivity contribution in [1.29, 1.82) is 0 Å². The number of piperidine rings is 3. The van der Waals surface area contributed by atoms with Gasteiger partial charge in [-0.1, -0.05) is 48.5 Å². The van der Waals surface area contributed by atoms with Gasteiger partial charge in [-0.25, -0.2) is 4.79 Å². The average Bonchev–Trinajstić information content (AvgIpc) is 3.10. The number of aromatic nitrogens is 1. The number of hydrogen-bond acceptors (Lipinski definition) is 9. The second kappa shape index (κ2) is 14.7. The van der Waals surface area contributed by atoms with Crippen molar-refractivity contribution in [3.63, 3.8) is 0 Å². The summed E-state index contributed by atoms with van der Waals surface area (Å²) in [5.74, 6) is 0.305. The summed E-state index contributed by atoms with van der Waals surface area (Å²) >= 11 is 0. The number of esters is 1. The molecule has 10 nitrogen and oxygen atoms in total. The minimum atomic E-state index is -1.93. The Morgan fingerprint density at radius 1 is 0.957 bits per heavy atom. The Balaban J connectivity index is 0.963. The number of rotatable bonds is 14. The van der Waals surface area contributed by atoms with Gasteiger partial charge in [0.15, 0.2) is 0 Å². The summed E-state index contributed by atoms with van der Waals surface area (Å²) in [7, 11) is 0. The molecule has 3 aliphatic rings. The zero-order valence-electron chi connectivity index (χ0n) is 26.4. The molecule has 0 radical (unpaired) electrons. The van der Waals surface area contributed by atoms with Crippen LogP contribution in [0.4, 0.5) is 0 Å². The smallest absolute Gasteiger partial charge is 0.348 e. The molecule has 0 spiro atoms. The fraction of sp³-hybridized carbons (Fsp3) is 0.405. The Morgan fingerprint density at radius 2 is 1.70 bits per heavy atom. The molecule has 5 N–H and O–H groups in total. The lowest BCUT2D eigenvalue weighted by Gasteiger charge is -2.44. The van der Waals surface area contributed by atoms with Crippen molar-refractivity contribution in [1.82, 2.24) is 15.2 Å². The number of aliphatic hydroxyl groups excluding tert-OH is 1. The Labute approximate surface area is 274 Å². The van der Waals surface area contributed by atoms with E-state index >= 15 is 0 Å². The van der Waals surface area contributed by atoms with E-state index in [-0.39, 0.29) is 17.4 Å². The van der Waals surface area contributed by atoms with E-state index in [4.69, 9.17) is 9.47 Å². The van der Waals surface area contributed by atoms with Gasteiger partial charge in [-0.15, -0.1) is 0 Å². The Kier molecular flexibility index (Phi) is 10.2. The maximum absolute atomic E-state index is 13.6. The van der Waals surface area contributed by atoms with Crippen LogP contribution in [0, 0.1) is 5.92 Å². The number of carbonyl (C=O) groups excluding carboxylic acids is 1. The van der Waals surface area contributed by atoms with Gasteiger partial charge in [0.25, 0.3) is 0 Å². The summed E-state index contributed by atoms with van der Waals surface area (Å²) in [6.07, 6.45) is 3.66. The van der Waals surface area contributed by atoms with Crippen LogP contribution in [0.3, 0.4) is 0 Å². The summed E-state index contributed by atoms with van der Waals surface area (Å²) in [6.45, 7) is 4.36. The topological polar surface area (TPSA) is 144 Å². The first-order valence-corrected chi connectivity index (χ1v) is 16.5. The largest absolute Gasteiger partial charge is 0.506 e. The second-order valence-corrected chi connectivity index (χ2v) is 12.6. The highest BCUT2D eigenvalue weighted by Crippen LogP contribution is 2.36.